The van der Waals surface area contributed by atoms with Gasteiger partial charge >= 0.3 is 0 Å². The lowest BCUT2D eigenvalue weighted by Gasteiger charge is -2.21. The first-order valence-corrected chi connectivity index (χ1v) is 6.70. The van der Waals surface area contributed by atoms with Crippen LogP contribution in [0, 0.1) is 12.8 Å². The Hall–Kier alpha value is -2.75. The standard InChI is InChI=1S/C17H14N2O2/c1-11-6-8-12(9-7-11)18-17(21)14-10-16(20)19-15-5-3-2-4-13(14)15/h2-10,13H,1H3,(H,18,21). The molecule has 1 aromatic rings. The van der Waals surface area contributed by atoms with E-state index >= 15 is 0 Å². The zero-order chi connectivity index (χ0) is 14.8. The van der Waals surface area contributed by atoms with E-state index in [1.165, 1.54) is 6.08 Å². The average molecular weight is 278 g/mol. The number of aliphatic imine (C=N–C) groups is 1. The molecule has 1 heterocycles. The van der Waals surface area contributed by atoms with Gasteiger partial charge in [0.25, 0.3) is 11.8 Å². The molecule has 0 saturated heterocycles. The van der Waals surface area contributed by atoms with Gasteiger partial charge in [-0.05, 0) is 25.1 Å². The molecule has 2 aliphatic rings. The molecule has 3 rings (SSSR count). The highest BCUT2D eigenvalue weighted by Gasteiger charge is 2.28. The average Bonchev–Trinajstić information content (AvgIpc) is 2.48. The van der Waals surface area contributed by atoms with Crippen LogP contribution in [0.1, 0.15) is 5.56 Å². The molecule has 0 bridgehead atoms. The van der Waals surface area contributed by atoms with Gasteiger partial charge in [0.15, 0.2) is 0 Å². The maximum Gasteiger partial charge on any atom is 0.270 e. The minimum atomic E-state index is -0.393. The van der Waals surface area contributed by atoms with Crippen LogP contribution in [0.2, 0.25) is 0 Å². The van der Waals surface area contributed by atoms with E-state index in [0.29, 0.717) is 17.0 Å². The Morgan fingerprint density at radius 3 is 2.71 bits per heavy atom. The molecule has 2 amide bonds. The molecule has 1 unspecified atom stereocenters. The number of anilines is 1. The maximum atomic E-state index is 12.4. The number of rotatable bonds is 2. The highest BCUT2D eigenvalue weighted by Crippen LogP contribution is 2.24. The molecule has 0 aromatic heterocycles. The molecular weight excluding hydrogens is 264 g/mol. The second-order valence-corrected chi connectivity index (χ2v) is 5.02. The van der Waals surface area contributed by atoms with E-state index in [-0.39, 0.29) is 11.8 Å². The lowest BCUT2D eigenvalue weighted by atomic mass is 9.87. The van der Waals surface area contributed by atoms with Gasteiger partial charge < -0.3 is 5.32 Å². The van der Waals surface area contributed by atoms with Crippen molar-refractivity contribution in [3.8, 4) is 0 Å². The number of hydrogen-bond donors (Lipinski definition) is 1. The first-order valence-electron chi connectivity index (χ1n) is 6.70. The summed E-state index contributed by atoms with van der Waals surface area (Å²) in [5, 5.41) is 2.82. The van der Waals surface area contributed by atoms with Crippen LogP contribution in [0.3, 0.4) is 0 Å². The van der Waals surface area contributed by atoms with Crippen LogP contribution < -0.4 is 5.32 Å². The highest BCUT2D eigenvalue weighted by atomic mass is 16.2. The smallest absolute Gasteiger partial charge is 0.270 e. The van der Waals surface area contributed by atoms with Crippen LogP contribution in [-0.2, 0) is 9.59 Å². The van der Waals surface area contributed by atoms with Crippen molar-refractivity contribution in [1.82, 2.24) is 0 Å². The van der Waals surface area contributed by atoms with Gasteiger partial charge in [-0.1, -0.05) is 35.9 Å². The zero-order valence-electron chi connectivity index (χ0n) is 11.5. The molecule has 0 saturated carbocycles. The second-order valence-electron chi connectivity index (χ2n) is 5.02. The van der Waals surface area contributed by atoms with E-state index in [0.717, 1.165) is 5.56 Å². The molecule has 1 N–H and O–H groups in total. The number of nitrogens with one attached hydrogen (secondary N) is 1. The quantitative estimate of drug-likeness (QED) is 0.904. The van der Waals surface area contributed by atoms with Crippen LogP contribution in [-0.4, -0.2) is 17.5 Å². The van der Waals surface area contributed by atoms with Gasteiger partial charge in [0.1, 0.15) is 0 Å². The number of aryl methyl sites for hydroxylation is 1. The topological polar surface area (TPSA) is 58.5 Å². The first-order chi connectivity index (χ1) is 10.1. The lowest BCUT2D eigenvalue weighted by molar-refractivity contribution is -0.116. The molecule has 1 aliphatic heterocycles. The van der Waals surface area contributed by atoms with E-state index in [1.807, 2.05) is 49.4 Å². The SMILES string of the molecule is Cc1ccc(NC(=O)C2=CC(=O)N=C3C=CC=CC23)cc1. The number of fused-ring (bicyclic) bond motifs is 1. The van der Waals surface area contributed by atoms with Crippen molar-refractivity contribution in [2.45, 2.75) is 6.92 Å². The molecule has 1 aliphatic carbocycles. The van der Waals surface area contributed by atoms with Gasteiger partial charge in [0.2, 0.25) is 0 Å². The number of amides is 2. The summed E-state index contributed by atoms with van der Waals surface area (Å²) >= 11 is 0. The normalized spacial score (nSPS) is 19.7. The van der Waals surface area contributed by atoms with Crippen LogP contribution >= 0.6 is 0 Å². The Morgan fingerprint density at radius 1 is 1.19 bits per heavy atom. The minimum absolute atomic E-state index is 0.252. The van der Waals surface area contributed by atoms with Gasteiger partial charge in [-0.3, -0.25) is 9.59 Å². The summed E-state index contributed by atoms with van der Waals surface area (Å²) in [5.74, 6) is -0.919. The molecule has 0 fully saturated rings. The number of carbonyl (C=O) groups is 2. The lowest BCUT2D eigenvalue weighted by Crippen LogP contribution is -2.28. The number of allylic oxidation sites excluding steroid dienone is 4. The Bertz CT molecular complexity index is 722. The monoisotopic (exact) mass is 278 g/mol. The highest BCUT2D eigenvalue weighted by molar-refractivity contribution is 6.20. The molecule has 21 heavy (non-hydrogen) atoms. The predicted molar refractivity (Wildman–Crippen MR) is 82.1 cm³/mol. The fourth-order valence-corrected chi connectivity index (χ4v) is 2.33. The fourth-order valence-electron chi connectivity index (χ4n) is 2.33. The predicted octanol–water partition coefficient (Wildman–Crippen LogP) is 2.58. The van der Waals surface area contributed by atoms with E-state index in [2.05, 4.69) is 10.3 Å². The van der Waals surface area contributed by atoms with Crippen LogP contribution in [0.15, 0.2) is 65.2 Å². The second kappa shape index (κ2) is 5.32. The van der Waals surface area contributed by atoms with E-state index in [1.54, 1.807) is 6.08 Å². The summed E-state index contributed by atoms with van der Waals surface area (Å²) in [6.45, 7) is 1.98. The van der Waals surface area contributed by atoms with Crippen molar-refractivity contribution in [1.29, 1.82) is 0 Å². The summed E-state index contributed by atoms with van der Waals surface area (Å²) in [6, 6.07) is 7.52. The summed E-state index contributed by atoms with van der Waals surface area (Å²) < 4.78 is 0. The van der Waals surface area contributed by atoms with Crippen LogP contribution in [0.25, 0.3) is 0 Å². The summed E-state index contributed by atoms with van der Waals surface area (Å²) in [6.07, 6.45) is 8.59. The third-order valence-electron chi connectivity index (χ3n) is 3.43. The molecule has 4 nitrogen and oxygen atoms in total. The number of dihydropyridines is 1. The van der Waals surface area contributed by atoms with Crippen molar-refractivity contribution >= 4 is 23.2 Å². The molecular formula is C17H14N2O2. The number of hydrogen-bond acceptors (Lipinski definition) is 2. The van der Waals surface area contributed by atoms with Gasteiger partial charge in [0, 0.05) is 17.3 Å². The molecule has 104 valence electrons. The number of carbonyl (C=O) groups excluding carboxylic acids is 2. The number of nitrogens with zero attached hydrogens (tertiary/aromatic N) is 1. The minimum Gasteiger partial charge on any atom is -0.322 e. The van der Waals surface area contributed by atoms with Crippen molar-refractivity contribution in [3.63, 3.8) is 0 Å². The molecule has 1 aromatic carbocycles. The Labute approximate surface area is 122 Å². The zero-order valence-corrected chi connectivity index (χ0v) is 11.5. The molecule has 0 spiro atoms. The molecule has 4 heteroatoms. The molecule has 0 radical (unpaired) electrons. The summed E-state index contributed by atoms with van der Waals surface area (Å²) in [4.78, 5) is 28.0. The van der Waals surface area contributed by atoms with Gasteiger partial charge in [0.05, 0.1) is 11.6 Å². The van der Waals surface area contributed by atoms with Crippen LogP contribution in [0.5, 0.6) is 0 Å². The fraction of sp³-hybridized carbons (Fsp3) is 0.118. The third kappa shape index (κ3) is 2.74. The van der Waals surface area contributed by atoms with Crippen molar-refractivity contribution in [2.24, 2.45) is 10.9 Å². The van der Waals surface area contributed by atoms with E-state index < -0.39 is 5.91 Å². The van der Waals surface area contributed by atoms with Crippen LogP contribution in [0.4, 0.5) is 5.69 Å². The number of benzene rings is 1. The third-order valence-corrected chi connectivity index (χ3v) is 3.43. The van der Waals surface area contributed by atoms with Crippen molar-refractivity contribution in [2.75, 3.05) is 5.32 Å². The first kappa shape index (κ1) is 13.2. The van der Waals surface area contributed by atoms with E-state index in [4.69, 9.17) is 0 Å². The van der Waals surface area contributed by atoms with Gasteiger partial charge in [-0.15, -0.1) is 0 Å². The van der Waals surface area contributed by atoms with E-state index in [9.17, 15) is 9.59 Å². The largest absolute Gasteiger partial charge is 0.322 e. The maximum absolute atomic E-state index is 12.4. The van der Waals surface area contributed by atoms with Crippen molar-refractivity contribution in [3.05, 3.63) is 65.8 Å². The molecule has 1 atom stereocenters. The van der Waals surface area contributed by atoms with Gasteiger partial charge in [-0.2, -0.15) is 0 Å². The Morgan fingerprint density at radius 2 is 1.95 bits per heavy atom. The summed E-state index contributed by atoms with van der Waals surface area (Å²) in [5.41, 5.74) is 2.86. The van der Waals surface area contributed by atoms with Crippen molar-refractivity contribution < 1.29 is 9.59 Å². The Balaban J connectivity index is 1.84. The Kier molecular flexibility index (Phi) is 3.36. The van der Waals surface area contributed by atoms with Gasteiger partial charge in [-0.25, -0.2) is 4.99 Å². The summed E-state index contributed by atoms with van der Waals surface area (Å²) in [7, 11) is 0.